The second kappa shape index (κ2) is 7.61. The van der Waals surface area contributed by atoms with Gasteiger partial charge in [0.25, 0.3) is 0 Å². The van der Waals surface area contributed by atoms with Gasteiger partial charge in [-0.1, -0.05) is 43.1 Å². The third-order valence-electron chi connectivity index (χ3n) is 2.88. The highest BCUT2D eigenvalue weighted by Gasteiger charge is 2.24. The third-order valence-corrected chi connectivity index (χ3v) is 5.52. The Morgan fingerprint density at radius 1 is 1.33 bits per heavy atom. The Bertz CT molecular complexity index is 616. The van der Waals surface area contributed by atoms with E-state index in [1.807, 2.05) is 13.8 Å². The van der Waals surface area contributed by atoms with E-state index in [4.69, 9.17) is 23.2 Å². The number of hydrogen-bond donors (Lipinski definition) is 1. The van der Waals surface area contributed by atoms with E-state index >= 15 is 0 Å². The molecule has 0 atom stereocenters. The molecule has 118 valence electrons. The quantitative estimate of drug-likeness (QED) is 0.767. The van der Waals surface area contributed by atoms with Gasteiger partial charge in [-0.2, -0.15) is 4.31 Å². The lowest BCUT2D eigenvalue weighted by Gasteiger charge is -2.18. The zero-order valence-corrected chi connectivity index (χ0v) is 14.7. The Morgan fingerprint density at radius 3 is 2.48 bits per heavy atom. The van der Waals surface area contributed by atoms with Crippen molar-refractivity contribution in [3.63, 3.8) is 0 Å². The molecule has 0 saturated heterocycles. The number of halogens is 2. The van der Waals surface area contributed by atoms with Crippen molar-refractivity contribution >= 4 is 33.2 Å². The van der Waals surface area contributed by atoms with E-state index < -0.39 is 10.0 Å². The van der Waals surface area contributed by atoms with Gasteiger partial charge in [-0.3, -0.25) is 0 Å². The van der Waals surface area contributed by atoms with E-state index in [2.05, 4.69) is 11.9 Å². The van der Waals surface area contributed by atoms with Crippen LogP contribution in [0.15, 0.2) is 29.7 Å². The molecule has 0 radical (unpaired) electrons. The summed E-state index contributed by atoms with van der Waals surface area (Å²) in [5.74, 6) is 0. The summed E-state index contributed by atoms with van der Waals surface area (Å²) in [5.41, 5.74) is 0.695. The highest BCUT2D eigenvalue weighted by molar-refractivity contribution is 7.89. The van der Waals surface area contributed by atoms with Gasteiger partial charge in [-0.15, -0.1) is 6.58 Å². The van der Waals surface area contributed by atoms with Gasteiger partial charge in [0.05, 0.1) is 5.02 Å². The van der Waals surface area contributed by atoms with Gasteiger partial charge in [0.15, 0.2) is 0 Å². The van der Waals surface area contributed by atoms with Crippen LogP contribution in [0, 0.1) is 0 Å². The lowest BCUT2D eigenvalue weighted by molar-refractivity contribution is 0.499. The lowest BCUT2D eigenvalue weighted by Crippen LogP contribution is -2.27. The zero-order chi connectivity index (χ0) is 16.2. The van der Waals surface area contributed by atoms with Crippen LogP contribution in [0.25, 0.3) is 0 Å². The van der Waals surface area contributed by atoms with Crippen LogP contribution in [0.4, 0.5) is 0 Å². The molecule has 0 aliphatic rings. The molecular formula is C14H20Cl2N2O2S. The number of sulfonamides is 1. The normalized spacial score (nSPS) is 12.1. The molecule has 0 aliphatic heterocycles. The summed E-state index contributed by atoms with van der Waals surface area (Å²) < 4.78 is 26.1. The van der Waals surface area contributed by atoms with Crippen LogP contribution in [-0.4, -0.2) is 32.4 Å². The maximum Gasteiger partial charge on any atom is 0.244 e. The van der Waals surface area contributed by atoms with Gasteiger partial charge in [0.2, 0.25) is 10.0 Å². The summed E-state index contributed by atoms with van der Waals surface area (Å²) in [6.45, 7) is 8.22. The lowest BCUT2D eigenvalue weighted by atomic mass is 10.2. The van der Waals surface area contributed by atoms with Crippen molar-refractivity contribution in [2.24, 2.45) is 0 Å². The molecule has 0 bridgehead atoms. The largest absolute Gasteiger partial charge is 0.310 e. The molecule has 1 N–H and O–H groups in total. The molecule has 0 aliphatic carbocycles. The van der Waals surface area contributed by atoms with Crippen LogP contribution in [-0.2, 0) is 16.6 Å². The number of nitrogens with one attached hydrogen (secondary N) is 1. The Balaban J connectivity index is 3.24. The Morgan fingerprint density at radius 2 is 1.95 bits per heavy atom. The molecule has 4 nitrogen and oxygen atoms in total. The van der Waals surface area contributed by atoms with Gasteiger partial charge < -0.3 is 5.32 Å². The molecule has 7 heteroatoms. The number of hydrogen-bond acceptors (Lipinski definition) is 3. The molecule has 0 saturated carbocycles. The summed E-state index contributed by atoms with van der Waals surface area (Å²) in [5, 5.41) is 3.76. The van der Waals surface area contributed by atoms with Crippen molar-refractivity contribution in [3.8, 4) is 0 Å². The molecule has 0 heterocycles. The topological polar surface area (TPSA) is 49.4 Å². The highest BCUT2D eigenvalue weighted by Crippen LogP contribution is 2.30. The van der Waals surface area contributed by atoms with Gasteiger partial charge in [0.1, 0.15) is 4.90 Å². The van der Waals surface area contributed by atoms with E-state index in [0.29, 0.717) is 17.1 Å². The van der Waals surface area contributed by atoms with Crippen LogP contribution < -0.4 is 5.32 Å². The predicted octanol–water partition coefficient (Wildman–Crippen LogP) is 3.30. The Labute approximate surface area is 136 Å². The van der Waals surface area contributed by atoms with Crippen LogP contribution in [0.1, 0.15) is 19.4 Å². The first-order valence-corrected chi connectivity index (χ1v) is 8.68. The second-order valence-electron chi connectivity index (χ2n) is 4.98. The zero-order valence-electron chi connectivity index (χ0n) is 12.4. The minimum absolute atomic E-state index is 0.0541. The van der Waals surface area contributed by atoms with E-state index in [-0.39, 0.29) is 22.5 Å². The first-order valence-electron chi connectivity index (χ1n) is 6.48. The fraction of sp³-hybridized carbons (Fsp3) is 0.429. The van der Waals surface area contributed by atoms with E-state index in [0.717, 1.165) is 0 Å². The summed E-state index contributed by atoms with van der Waals surface area (Å²) in [6.07, 6.45) is 1.52. The summed E-state index contributed by atoms with van der Waals surface area (Å²) in [6, 6.07) is 3.25. The summed E-state index contributed by atoms with van der Waals surface area (Å²) in [4.78, 5) is 0.0541. The molecule has 1 aromatic rings. The number of likely N-dealkylation sites (N-methyl/N-ethyl adjacent to an activating group) is 1. The van der Waals surface area contributed by atoms with Gasteiger partial charge in [-0.25, -0.2) is 8.42 Å². The van der Waals surface area contributed by atoms with Gasteiger partial charge in [-0.05, 0) is 17.7 Å². The van der Waals surface area contributed by atoms with Crippen molar-refractivity contribution in [3.05, 3.63) is 40.4 Å². The fourth-order valence-corrected chi connectivity index (χ4v) is 3.64. The van der Waals surface area contributed by atoms with Crippen molar-refractivity contribution in [1.29, 1.82) is 0 Å². The predicted molar refractivity (Wildman–Crippen MR) is 88.5 cm³/mol. The molecule has 1 rings (SSSR count). The van der Waals surface area contributed by atoms with Crippen molar-refractivity contribution in [2.75, 3.05) is 13.6 Å². The van der Waals surface area contributed by atoms with Crippen molar-refractivity contribution in [2.45, 2.75) is 31.3 Å². The average Bonchev–Trinajstić information content (AvgIpc) is 2.37. The van der Waals surface area contributed by atoms with Gasteiger partial charge in [0, 0.05) is 31.2 Å². The molecule has 21 heavy (non-hydrogen) atoms. The standard InChI is InChI=1S/C14H20Cl2N2O2S/c1-5-6-18(4)21(19,20)14-7-11(9-17-10(2)3)12(15)8-13(14)16/h5,7-8,10,17H,1,6,9H2,2-4H3. The number of nitrogens with zero attached hydrogens (tertiary/aromatic N) is 1. The van der Waals surface area contributed by atoms with Crippen LogP contribution in [0.3, 0.4) is 0 Å². The van der Waals surface area contributed by atoms with Crippen molar-refractivity contribution < 1.29 is 8.42 Å². The van der Waals surface area contributed by atoms with E-state index in [9.17, 15) is 8.42 Å². The average molecular weight is 351 g/mol. The Kier molecular flexibility index (Phi) is 6.69. The molecule has 0 spiro atoms. The first-order chi connectivity index (χ1) is 9.70. The summed E-state index contributed by atoms with van der Waals surface area (Å²) in [7, 11) is -2.19. The van der Waals surface area contributed by atoms with Crippen LogP contribution in [0.2, 0.25) is 10.0 Å². The molecule has 0 amide bonds. The maximum atomic E-state index is 12.5. The maximum absolute atomic E-state index is 12.5. The second-order valence-corrected chi connectivity index (χ2v) is 7.81. The minimum atomic E-state index is -3.67. The SMILES string of the molecule is C=CCN(C)S(=O)(=O)c1cc(CNC(C)C)c(Cl)cc1Cl. The monoisotopic (exact) mass is 350 g/mol. The number of rotatable bonds is 7. The molecular weight excluding hydrogens is 331 g/mol. The summed E-state index contributed by atoms with van der Waals surface area (Å²) >= 11 is 12.2. The van der Waals surface area contributed by atoms with Crippen LogP contribution in [0.5, 0.6) is 0 Å². The minimum Gasteiger partial charge on any atom is -0.310 e. The van der Waals surface area contributed by atoms with Crippen LogP contribution >= 0.6 is 23.2 Å². The molecule has 0 aromatic heterocycles. The third kappa shape index (κ3) is 4.69. The van der Waals surface area contributed by atoms with E-state index in [1.54, 1.807) is 0 Å². The highest BCUT2D eigenvalue weighted by atomic mass is 35.5. The molecule has 0 fully saturated rings. The first kappa shape index (κ1) is 18.5. The number of benzene rings is 1. The Hall–Kier alpha value is -0.590. The molecule has 1 aromatic carbocycles. The van der Waals surface area contributed by atoms with Crippen molar-refractivity contribution in [1.82, 2.24) is 9.62 Å². The van der Waals surface area contributed by atoms with Gasteiger partial charge >= 0.3 is 0 Å². The fourth-order valence-electron chi connectivity index (χ4n) is 1.67. The smallest absolute Gasteiger partial charge is 0.244 e. The van der Waals surface area contributed by atoms with E-state index in [1.165, 1.54) is 29.6 Å². The molecule has 0 unspecified atom stereocenters.